The van der Waals surface area contributed by atoms with Crippen molar-refractivity contribution in [3.63, 3.8) is 0 Å². The third-order valence-electron chi connectivity index (χ3n) is 6.13. The summed E-state index contributed by atoms with van der Waals surface area (Å²) in [6.45, 7) is 6.74. The molecule has 0 N–H and O–H groups in total. The molecule has 1 rings (SSSR count). The van der Waals surface area contributed by atoms with E-state index in [4.69, 9.17) is 52.1 Å². The number of ether oxygens (including phenoxy) is 11. The summed E-state index contributed by atoms with van der Waals surface area (Å²) in [5.41, 5.74) is 0. The normalized spacial score (nSPS) is 22.1. The Kier molecular flexibility index (Phi) is 17.8. The molecule has 0 amide bonds. The van der Waals surface area contributed by atoms with E-state index in [-0.39, 0.29) is 0 Å². The van der Waals surface area contributed by atoms with E-state index in [0.29, 0.717) is 0 Å². The highest BCUT2D eigenvalue weighted by Crippen LogP contribution is 2.33. The lowest BCUT2D eigenvalue weighted by Gasteiger charge is -2.46. The van der Waals surface area contributed by atoms with Crippen LogP contribution in [-0.4, -0.2) is 129 Å². The molecule has 0 aliphatic carbocycles. The van der Waals surface area contributed by atoms with Crippen LogP contribution in [0.5, 0.6) is 0 Å². The Hall–Kier alpha value is -4.85. The van der Waals surface area contributed by atoms with Crippen LogP contribution in [0.3, 0.4) is 0 Å². The van der Waals surface area contributed by atoms with Crippen LogP contribution >= 0.6 is 0 Å². The van der Waals surface area contributed by atoms with Gasteiger partial charge in [0.15, 0.2) is 42.9 Å². The lowest BCUT2D eigenvalue weighted by molar-refractivity contribution is -0.331. The van der Waals surface area contributed by atoms with Gasteiger partial charge in [0.1, 0.15) is 32.0 Å². The SMILES string of the molecule is CC(=O)OC[C@H]1O[C@@H](O[C@@H]([C@H](OC(C)=O)[C@@H](COC(C)=O)OC(C)=O)[C@@H](COC(C)=O)OC(C)=O)[C@H](OC(C)=O)[C@@H](OC(C)=O)[C@H]1OC(C)=O. The first-order chi connectivity index (χ1) is 23.2. The summed E-state index contributed by atoms with van der Waals surface area (Å²) in [7, 11) is 0. The first kappa shape index (κ1) is 43.2. The van der Waals surface area contributed by atoms with Gasteiger partial charge < -0.3 is 52.1 Å². The zero-order valence-electron chi connectivity index (χ0n) is 29.0. The van der Waals surface area contributed by atoms with Crippen LogP contribution in [0.1, 0.15) is 62.3 Å². The number of carbonyl (C=O) groups excluding carboxylic acids is 9. The van der Waals surface area contributed by atoms with Gasteiger partial charge in [-0.25, -0.2) is 0 Å². The standard InChI is InChI=1S/C30H42O20/c1-13(31)40-10-22(43-16(4)34)25(45-18(6)36)26(23(44-17(5)35)11-41-14(2)32)50-30-29(48-21(9)39)28(47-20(8)38)27(46-19(7)37)24(49-30)12-42-15(3)33/h22-30H,10-12H2,1-9H3/t22-,23-,24-,25-,26-,27+,28+,29-,30+/m1/s1. The number of carbonyl (C=O) groups is 9. The first-order valence-electron chi connectivity index (χ1n) is 15.0. The van der Waals surface area contributed by atoms with E-state index in [1.807, 2.05) is 0 Å². The van der Waals surface area contributed by atoms with E-state index in [1.165, 1.54) is 0 Å². The molecule has 1 saturated heterocycles. The second-order valence-corrected chi connectivity index (χ2v) is 10.6. The Morgan fingerprint density at radius 3 is 1.26 bits per heavy atom. The Morgan fingerprint density at radius 1 is 0.460 bits per heavy atom. The fraction of sp³-hybridized carbons (Fsp3) is 0.700. The van der Waals surface area contributed by atoms with Crippen molar-refractivity contribution in [1.82, 2.24) is 0 Å². The second-order valence-electron chi connectivity index (χ2n) is 10.6. The highest BCUT2D eigenvalue weighted by Gasteiger charge is 2.55. The van der Waals surface area contributed by atoms with E-state index in [1.54, 1.807) is 0 Å². The van der Waals surface area contributed by atoms with Gasteiger partial charge in [0.05, 0.1) is 0 Å². The van der Waals surface area contributed by atoms with Gasteiger partial charge in [-0.2, -0.15) is 0 Å². The van der Waals surface area contributed by atoms with Gasteiger partial charge in [-0.05, 0) is 0 Å². The van der Waals surface area contributed by atoms with Crippen molar-refractivity contribution < 1.29 is 95.3 Å². The fourth-order valence-electron chi connectivity index (χ4n) is 4.59. The van der Waals surface area contributed by atoms with E-state index in [9.17, 15) is 43.2 Å². The van der Waals surface area contributed by atoms with Gasteiger partial charge in [-0.3, -0.25) is 43.2 Å². The topological polar surface area (TPSA) is 255 Å². The Balaban J connectivity index is 4.07. The lowest BCUT2D eigenvalue weighted by atomic mass is 9.97. The van der Waals surface area contributed by atoms with Crippen molar-refractivity contribution in [2.45, 2.75) is 117 Å². The highest BCUT2D eigenvalue weighted by molar-refractivity contribution is 5.70. The molecule has 0 aromatic heterocycles. The first-order valence-corrected chi connectivity index (χ1v) is 15.0. The quantitative estimate of drug-likeness (QED) is 0.134. The number of hydrogen-bond acceptors (Lipinski definition) is 20. The highest BCUT2D eigenvalue weighted by atomic mass is 16.8. The van der Waals surface area contributed by atoms with Gasteiger partial charge in [0.2, 0.25) is 0 Å². The molecule has 50 heavy (non-hydrogen) atoms. The van der Waals surface area contributed by atoms with Gasteiger partial charge in [0, 0.05) is 62.3 Å². The van der Waals surface area contributed by atoms with E-state index in [2.05, 4.69) is 0 Å². The molecular weight excluding hydrogens is 680 g/mol. The molecule has 0 unspecified atom stereocenters. The monoisotopic (exact) mass is 722 g/mol. The van der Waals surface area contributed by atoms with Crippen LogP contribution in [0, 0.1) is 0 Å². The molecule has 0 bridgehead atoms. The summed E-state index contributed by atoms with van der Waals surface area (Å²) in [5, 5.41) is 0. The van der Waals surface area contributed by atoms with Crippen LogP contribution in [0.4, 0.5) is 0 Å². The molecule has 282 valence electrons. The molecular formula is C30H42O20. The van der Waals surface area contributed by atoms with Crippen molar-refractivity contribution in [2.75, 3.05) is 19.8 Å². The number of esters is 9. The third-order valence-corrected chi connectivity index (χ3v) is 6.13. The third kappa shape index (κ3) is 15.6. The Labute approximate surface area is 286 Å². The van der Waals surface area contributed by atoms with Gasteiger partial charge in [-0.1, -0.05) is 0 Å². The van der Waals surface area contributed by atoms with Crippen molar-refractivity contribution in [3.05, 3.63) is 0 Å². The van der Waals surface area contributed by atoms with Crippen molar-refractivity contribution in [3.8, 4) is 0 Å². The van der Waals surface area contributed by atoms with Crippen molar-refractivity contribution >= 4 is 53.7 Å². The molecule has 0 radical (unpaired) electrons. The molecule has 0 aromatic rings. The molecule has 1 heterocycles. The molecule has 0 aromatic carbocycles. The number of hydrogen-bond donors (Lipinski definition) is 0. The maximum absolute atomic E-state index is 12.4. The summed E-state index contributed by atoms with van der Waals surface area (Å²) < 4.78 is 59.5. The smallest absolute Gasteiger partial charge is 0.303 e. The minimum absolute atomic E-state index is 0.654. The zero-order chi connectivity index (χ0) is 38.3. The van der Waals surface area contributed by atoms with Crippen LogP contribution in [-0.2, 0) is 95.3 Å². The summed E-state index contributed by atoms with van der Waals surface area (Å²) in [4.78, 5) is 109. The van der Waals surface area contributed by atoms with Crippen LogP contribution in [0.2, 0.25) is 0 Å². The molecule has 1 aliphatic heterocycles. The molecule has 0 spiro atoms. The van der Waals surface area contributed by atoms with Crippen molar-refractivity contribution in [1.29, 1.82) is 0 Å². The van der Waals surface area contributed by atoms with Gasteiger partial charge in [-0.15, -0.1) is 0 Å². The van der Waals surface area contributed by atoms with Crippen LogP contribution in [0.25, 0.3) is 0 Å². The summed E-state index contributed by atoms with van der Waals surface area (Å²) >= 11 is 0. The zero-order valence-corrected chi connectivity index (χ0v) is 29.0. The van der Waals surface area contributed by atoms with E-state index < -0.39 is 129 Å². The molecule has 1 fully saturated rings. The average Bonchev–Trinajstić information content (AvgIpc) is 2.95. The predicted molar refractivity (Wildman–Crippen MR) is 157 cm³/mol. The molecule has 0 saturated carbocycles. The number of rotatable bonds is 17. The lowest BCUT2D eigenvalue weighted by Crippen LogP contribution is -2.65. The van der Waals surface area contributed by atoms with Gasteiger partial charge in [0.25, 0.3) is 0 Å². The summed E-state index contributed by atoms with van der Waals surface area (Å²) in [5.74, 6) is -8.38. The Bertz CT molecular complexity index is 1260. The average molecular weight is 723 g/mol. The van der Waals surface area contributed by atoms with Gasteiger partial charge >= 0.3 is 53.7 Å². The molecule has 20 nitrogen and oxygen atoms in total. The fourth-order valence-corrected chi connectivity index (χ4v) is 4.59. The maximum Gasteiger partial charge on any atom is 0.303 e. The summed E-state index contributed by atoms with van der Waals surface area (Å²) in [6, 6.07) is 0. The Morgan fingerprint density at radius 2 is 0.860 bits per heavy atom. The maximum atomic E-state index is 12.4. The van der Waals surface area contributed by atoms with Crippen LogP contribution < -0.4 is 0 Å². The molecule has 1 aliphatic rings. The van der Waals surface area contributed by atoms with E-state index in [0.717, 1.165) is 62.3 Å². The molecule has 9 atom stereocenters. The minimum atomic E-state index is -1.97. The largest absolute Gasteiger partial charge is 0.463 e. The van der Waals surface area contributed by atoms with Crippen molar-refractivity contribution in [2.24, 2.45) is 0 Å². The van der Waals surface area contributed by atoms with Crippen LogP contribution in [0.15, 0.2) is 0 Å². The minimum Gasteiger partial charge on any atom is -0.463 e. The predicted octanol–water partition coefficient (Wildman–Crippen LogP) is -0.624. The second kappa shape index (κ2) is 20.6. The molecule has 20 heteroatoms. The van der Waals surface area contributed by atoms with E-state index >= 15 is 0 Å². The summed E-state index contributed by atoms with van der Waals surface area (Å²) in [6.07, 6.45) is -15.9.